The van der Waals surface area contributed by atoms with Gasteiger partial charge in [0.25, 0.3) is 0 Å². The van der Waals surface area contributed by atoms with Crippen molar-refractivity contribution in [3.05, 3.63) is 11.9 Å². The van der Waals surface area contributed by atoms with Crippen LogP contribution in [0.5, 0.6) is 0 Å². The van der Waals surface area contributed by atoms with Crippen LogP contribution in [0.2, 0.25) is 0 Å². The summed E-state index contributed by atoms with van der Waals surface area (Å²) in [6.45, 7) is 7.78. The maximum atomic E-state index is 4.03. The Balaban J connectivity index is 1.91. The van der Waals surface area contributed by atoms with Gasteiger partial charge < -0.3 is 0 Å². The lowest BCUT2D eigenvalue weighted by molar-refractivity contribution is 0.284. The molecule has 88 valence electrons. The SMILES string of the molecule is CC(C)CCN1CCC=C(c2nn[nH]n2)C1. The van der Waals surface area contributed by atoms with Gasteiger partial charge in [-0.3, -0.25) is 4.90 Å². The number of rotatable bonds is 4. The number of H-pyrrole nitrogens is 1. The average molecular weight is 221 g/mol. The molecule has 0 unspecified atom stereocenters. The minimum Gasteiger partial charge on any atom is -0.299 e. The van der Waals surface area contributed by atoms with Gasteiger partial charge in [0.1, 0.15) is 0 Å². The maximum Gasteiger partial charge on any atom is 0.201 e. The van der Waals surface area contributed by atoms with Gasteiger partial charge in [-0.25, -0.2) is 0 Å². The second-order valence-corrected chi connectivity index (χ2v) is 4.71. The summed E-state index contributed by atoms with van der Waals surface area (Å²) in [6, 6.07) is 0. The number of nitrogens with zero attached hydrogens (tertiary/aromatic N) is 4. The van der Waals surface area contributed by atoms with Gasteiger partial charge in [0.15, 0.2) is 0 Å². The van der Waals surface area contributed by atoms with E-state index in [0.717, 1.165) is 37.8 Å². The van der Waals surface area contributed by atoms with Crippen LogP contribution in [-0.4, -0.2) is 45.2 Å². The lowest BCUT2D eigenvalue weighted by Crippen LogP contribution is -2.31. The van der Waals surface area contributed by atoms with E-state index < -0.39 is 0 Å². The molecule has 1 aliphatic heterocycles. The third-order valence-electron chi connectivity index (χ3n) is 2.89. The zero-order valence-corrected chi connectivity index (χ0v) is 9.98. The van der Waals surface area contributed by atoms with Gasteiger partial charge in [0, 0.05) is 18.7 Å². The van der Waals surface area contributed by atoms with E-state index in [0.29, 0.717) is 0 Å². The largest absolute Gasteiger partial charge is 0.299 e. The molecule has 5 heteroatoms. The highest BCUT2D eigenvalue weighted by molar-refractivity contribution is 5.61. The Morgan fingerprint density at radius 3 is 3.06 bits per heavy atom. The summed E-state index contributed by atoms with van der Waals surface area (Å²) in [5, 5.41) is 14.2. The molecular formula is C11H19N5. The zero-order chi connectivity index (χ0) is 11.4. The molecule has 0 saturated heterocycles. The number of aromatic nitrogens is 4. The molecule has 5 nitrogen and oxygen atoms in total. The molecule has 0 aromatic carbocycles. The van der Waals surface area contributed by atoms with Gasteiger partial charge in [-0.2, -0.15) is 5.21 Å². The highest BCUT2D eigenvalue weighted by Crippen LogP contribution is 2.17. The molecule has 0 radical (unpaired) electrons. The van der Waals surface area contributed by atoms with E-state index >= 15 is 0 Å². The van der Waals surface area contributed by atoms with Crippen LogP contribution in [0, 0.1) is 5.92 Å². The third kappa shape index (κ3) is 2.88. The second kappa shape index (κ2) is 5.21. The second-order valence-electron chi connectivity index (χ2n) is 4.71. The fraction of sp³-hybridized carbons (Fsp3) is 0.727. The first-order chi connectivity index (χ1) is 7.75. The molecule has 2 rings (SSSR count). The van der Waals surface area contributed by atoms with Gasteiger partial charge >= 0.3 is 0 Å². The van der Waals surface area contributed by atoms with Crippen molar-refractivity contribution in [1.82, 2.24) is 25.5 Å². The summed E-state index contributed by atoms with van der Waals surface area (Å²) in [7, 11) is 0. The number of tetrazole rings is 1. The molecule has 2 heterocycles. The highest BCUT2D eigenvalue weighted by Gasteiger charge is 2.16. The van der Waals surface area contributed by atoms with Crippen molar-refractivity contribution in [2.75, 3.05) is 19.6 Å². The van der Waals surface area contributed by atoms with E-state index in [9.17, 15) is 0 Å². The molecule has 1 aromatic rings. The minimum atomic E-state index is 0.745. The van der Waals surface area contributed by atoms with Crippen molar-refractivity contribution in [2.24, 2.45) is 5.92 Å². The van der Waals surface area contributed by atoms with Crippen LogP contribution in [0.25, 0.3) is 5.57 Å². The van der Waals surface area contributed by atoms with Crippen LogP contribution in [0.1, 0.15) is 32.5 Å². The summed E-state index contributed by atoms with van der Waals surface area (Å²) >= 11 is 0. The van der Waals surface area contributed by atoms with Crippen molar-refractivity contribution in [1.29, 1.82) is 0 Å². The Morgan fingerprint density at radius 2 is 2.38 bits per heavy atom. The van der Waals surface area contributed by atoms with Crippen LogP contribution in [0.15, 0.2) is 6.08 Å². The van der Waals surface area contributed by atoms with Crippen molar-refractivity contribution in [3.63, 3.8) is 0 Å². The van der Waals surface area contributed by atoms with E-state index in [-0.39, 0.29) is 0 Å². The highest BCUT2D eigenvalue weighted by atomic mass is 15.5. The molecule has 0 spiro atoms. The summed E-state index contributed by atoms with van der Waals surface area (Å²) in [4.78, 5) is 2.46. The number of hydrogen-bond donors (Lipinski definition) is 1. The lowest BCUT2D eigenvalue weighted by atomic mass is 10.1. The Bertz CT molecular complexity index is 341. The molecule has 0 amide bonds. The standard InChI is InChI=1S/C11H19N5/c1-9(2)5-7-16-6-3-4-10(8-16)11-12-14-15-13-11/h4,9H,3,5-8H2,1-2H3,(H,12,13,14,15). The normalized spacial score (nSPS) is 17.8. The Labute approximate surface area is 95.9 Å². The van der Waals surface area contributed by atoms with E-state index in [2.05, 4.69) is 45.4 Å². The van der Waals surface area contributed by atoms with E-state index in [1.165, 1.54) is 12.0 Å². The van der Waals surface area contributed by atoms with Gasteiger partial charge in [-0.05, 0) is 30.5 Å². The van der Waals surface area contributed by atoms with Crippen molar-refractivity contribution < 1.29 is 0 Å². The van der Waals surface area contributed by atoms with E-state index in [1.807, 2.05) is 0 Å². The monoisotopic (exact) mass is 221 g/mol. The quantitative estimate of drug-likeness (QED) is 0.833. The molecule has 0 fully saturated rings. The van der Waals surface area contributed by atoms with E-state index in [1.54, 1.807) is 0 Å². The van der Waals surface area contributed by atoms with Crippen LogP contribution in [0.3, 0.4) is 0 Å². The smallest absolute Gasteiger partial charge is 0.201 e. The molecule has 1 N–H and O–H groups in total. The molecule has 0 bridgehead atoms. The molecule has 1 aromatic heterocycles. The van der Waals surface area contributed by atoms with Gasteiger partial charge in [-0.15, -0.1) is 10.2 Å². The average Bonchev–Trinajstić information content (AvgIpc) is 2.80. The molecule has 0 saturated carbocycles. The molecule has 16 heavy (non-hydrogen) atoms. The van der Waals surface area contributed by atoms with Crippen LogP contribution >= 0.6 is 0 Å². The number of aromatic amines is 1. The molecule has 0 atom stereocenters. The predicted octanol–water partition coefficient (Wildman–Crippen LogP) is 1.33. The summed E-state index contributed by atoms with van der Waals surface area (Å²) in [5.41, 5.74) is 1.20. The third-order valence-corrected chi connectivity index (χ3v) is 2.89. The van der Waals surface area contributed by atoms with Crippen LogP contribution in [-0.2, 0) is 0 Å². The van der Waals surface area contributed by atoms with Gasteiger partial charge in [0.2, 0.25) is 5.82 Å². The first-order valence-electron chi connectivity index (χ1n) is 5.91. The lowest BCUT2D eigenvalue weighted by Gasteiger charge is -2.26. The van der Waals surface area contributed by atoms with E-state index in [4.69, 9.17) is 0 Å². The number of nitrogens with one attached hydrogen (secondary N) is 1. The predicted molar refractivity (Wildman–Crippen MR) is 62.7 cm³/mol. The first-order valence-corrected chi connectivity index (χ1v) is 5.91. The molecular weight excluding hydrogens is 202 g/mol. The summed E-state index contributed by atoms with van der Waals surface area (Å²) < 4.78 is 0. The minimum absolute atomic E-state index is 0.745. The van der Waals surface area contributed by atoms with Crippen molar-refractivity contribution >= 4 is 5.57 Å². The summed E-state index contributed by atoms with van der Waals surface area (Å²) in [6.07, 6.45) is 4.55. The number of hydrogen-bond acceptors (Lipinski definition) is 4. The van der Waals surface area contributed by atoms with Crippen LogP contribution < -0.4 is 0 Å². The zero-order valence-electron chi connectivity index (χ0n) is 9.98. The maximum absolute atomic E-state index is 4.03. The van der Waals surface area contributed by atoms with Gasteiger partial charge in [0.05, 0.1) is 0 Å². The first kappa shape index (κ1) is 11.3. The fourth-order valence-corrected chi connectivity index (χ4v) is 1.90. The Kier molecular flexibility index (Phi) is 3.66. The molecule has 0 aliphatic carbocycles. The fourth-order valence-electron chi connectivity index (χ4n) is 1.90. The topological polar surface area (TPSA) is 57.7 Å². The Morgan fingerprint density at radius 1 is 1.50 bits per heavy atom. The van der Waals surface area contributed by atoms with Crippen LogP contribution in [0.4, 0.5) is 0 Å². The van der Waals surface area contributed by atoms with Gasteiger partial charge in [-0.1, -0.05) is 19.9 Å². The molecule has 1 aliphatic rings. The van der Waals surface area contributed by atoms with Crippen molar-refractivity contribution in [3.8, 4) is 0 Å². The summed E-state index contributed by atoms with van der Waals surface area (Å²) in [5.74, 6) is 1.51. The van der Waals surface area contributed by atoms with Crippen molar-refractivity contribution in [2.45, 2.75) is 26.7 Å². The Hall–Kier alpha value is -1.23.